The second-order valence-corrected chi connectivity index (χ2v) is 9.21. The van der Waals surface area contributed by atoms with Crippen molar-refractivity contribution < 1.29 is 14.3 Å². The van der Waals surface area contributed by atoms with Crippen molar-refractivity contribution in [2.24, 2.45) is 17.8 Å². The number of esters is 1. The van der Waals surface area contributed by atoms with Crippen LogP contribution in [0.25, 0.3) is 0 Å². The number of ether oxygens (including phenoxy) is 1. The number of fused-ring (bicyclic) bond motifs is 2. The molecule has 2 bridgehead atoms. The van der Waals surface area contributed by atoms with E-state index in [-0.39, 0.29) is 18.4 Å². The van der Waals surface area contributed by atoms with Crippen LogP contribution in [0, 0.1) is 31.6 Å². The standard InChI is InChI=1S/C22H27NO3S/c1-14-8-20(15(2)23(14)12-19-4-3-7-27-19)21(24)13-26-22(25)11-18-10-16-5-6-17(18)9-16/h3-4,7-8,16-18H,5-6,9-13H2,1-2H3/t16-,17+,18-/m0/s1. The van der Waals surface area contributed by atoms with Gasteiger partial charge in [-0.2, -0.15) is 0 Å². The Bertz CT molecular complexity index is 836. The molecule has 0 radical (unpaired) electrons. The normalized spacial score (nSPS) is 23.7. The van der Waals surface area contributed by atoms with Gasteiger partial charge >= 0.3 is 5.97 Å². The zero-order valence-electron chi connectivity index (χ0n) is 16.1. The largest absolute Gasteiger partial charge is 0.457 e. The number of aromatic nitrogens is 1. The van der Waals surface area contributed by atoms with E-state index in [4.69, 9.17) is 4.74 Å². The fourth-order valence-corrected chi connectivity index (χ4v) is 5.70. The molecule has 3 atom stereocenters. The third-order valence-corrected chi connectivity index (χ3v) is 7.31. The molecule has 2 aliphatic rings. The van der Waals surface area contributed by atoms with E-state index < -0.39 is 0 Å². The molecule has 27 heavy (non-hydrogen) atoms. The van der Waals surface area contributed by atoms with Crippen molar-refractivity contribution in [3.05, 3.63) is 45.4 Å². The molecule has 2 saturated carbocycles. The van der Waals surface area contributed by atoms with Gasteiger partial charge in [0.1, 0.15) is 0 Å². The third kappa shape index (κ3) is 3.88. The first kappa shape index (κ1) is 18.5. The van der Waals surface area contributed by atoms with Crippen LogP contribution in [0.1, 0.15) is 58.7 Å². The second kappa shape index (κ2) is 7.63. The Hall–Kier alpha value is -1.88. The summed E-state index contributed by atoms with van der Waals surface area (Å²) in [7, 11) is 0. The van der Waals surface area contributed by atoms with Crippen molar-refractivity contribution in [1.29, 1.82) is 0 Å². The first-order chi connectivity index (χ1) is 13.0. The average Bonchev–Trinajstić information content (AvgIpc) is 3.42. The minimum Gasteiger partial charge on any atom is -0.457 e. The van der Waals surface area contributed by atoms with Crippen LogP contribution in [0.15, 0.2) is 23.6 Å². The van der Waals surface area contributed by atoms with Gasteiger partial charge in [-0.3, -0.25) is 9.59 Å². The Balaban J connectivity index is 1.33. The number of hydrogen-bond donors (Lipinski definition) is 0. The lowest BCUT2D eigenvalue weighted by Gasteiger charge is -2.20. The highest BCUT2D eigenvalue weighted by molar-refractivity contribution is 7.09. The Morgan fingerprint density at radius 1 is 1.26 bits per heavy atom. The van der Waals surface area contributed by atoms with Gasteiger partial charge < -0.3 is 9.30 Å². The lowest BCUT2D eigenvalue weighted by atomic mass is 9.86. The van der Waals surface area contributed by atoms with Gasteiger partial charge in [-0.1, -0.05) is 12.5 Å². The van der Waals surface area contributed by atoms with Crippen LogP contribution in [-0.4, -0.2) is 22.9 Å². The number of ketones is 1. The van der Waals surface area contributed by atoms with Gasteiger partial charge in [0.2, 0.25) is 5.78 Å². The zero-order chi connectivity index (χ0) is 19.0. The minimum absolute atomic E-state index is 0.109. The second-order valence-electron chi connectivity index (χ2n) is 8.17. The molecule has 2 aromatic rings. The summed E-state index contributed by atoms with van der Waals surface area (Å²) < 4.78 is 7.49. The molecule has 4 nitrogen and oxygen atoms in total. The van der Waals surface area contributed by atoms with E-state index in [0.717, 1.165) is 30.3 Å². The van der Waals surface area contributed by atoms with Gasteiger partial charge in [0, 0.05) is 28.2 Å². The molecule has 0 spiro atoms. The van der Waals surface area contributed by atoms with Gasteiger partial charge in [-0.15, -0.1) is 11.3 Å². The average molecular weight is 386 g/mol. The fraction of sp³-hybridized carbons (Fsp3) is 0.545. The molecule has 144 valence electrons. The summed E-state index contributed by atoms with van der Waals surface area (Å²) in [5.41, 5.74) is 2.66. The number of Topliss-reactive ketones (excluding diaryl/α,β-unsaturated/α-hetero) is 1. The van der Waals surface area contributed by atoms with Crippen LogP contribution in [0.3, 0.4) is 0 Å². The molecule has 4 rings (SSSR count). The van der Waals surface area contributed by atoms with Gasteiger partial charge in [-0.05, 0) is 68.4 Å². The van der Waals surface area contributed by atoms with Crippen LogP contribution >= 0.6 is 11.3 Å². The summed E-state index contributed by atoms with van der Waals surface area (Å²) in [6.07, 6.45) is 5.52. The smallest absolute Gasteiger partial charge is 0.306 e. The monoisotopic (exact) mass is 385 g/mol. The summed E-state index contributed by atoms with van der Waals surface area (Å²) in [6, 6.07) is 6.05. The highest BCUT2D eigenvalue weighted by Gasteiger charge is 2.40. The Morgan fingerprint density at radius 3 is 2.78 bits per heavy atom. The predicted molar refractivity (Wildman–Crippen MR) is 106 cm³/mol. The molecule has 2 aromatic heterocycles. The maximum Gasteiger partial charge on any atom is 0.306 e. The lowest BCUT2D eigenvalue weighted by Crippen LogP contribution is -2.20. The van der Waals surface area contributed by atoms with Crippen molar-refractivity contribution in [3.63, 3.8) is 0 Å². The topological polar surface area (TPSA) is 48.3 Å². The van der Waals surface area contributed by atoms with Crippen LogP contribution in [0.4, 0.5) is 0 Å². The molecule has 0 N–H and O–H groups in total. The molecule has 2 fully saturated rings. The maximum absolute atomic E-state index is 12.6. The van der Waals surface area contributed by atoms with Crippen molar-refractivity contribution >= 4 is 23.1 Å². The number of carbonyl (C=O) groups is 2. The number of nitrogens with zero attached hydrogens (tertiary/aromatic N) is 1. The van der Waals surface area contributed by atoms with E-state index in [1.165, 1.54) is 24.1 Å². The fourth-order valence-electron chi connectivity index (χ4n) is 5.01. The molecule has 2 aliphatic carbocycles. The van der Waals surface area contributed by atoms with E-state index in [1.807, 2.05) is 26.0 Å². The maximum atomic E-state index is 12.6. The van der Waals surface area contributed by atoms with Crippen molar-refractivity contribution in [2.75, 3.05) is 6.61 Å². The van der Waals surface area contributed by atoms with E-state index in [0.29, 0.717) is 23.8 Å². The summed E-state index contributed by atoms with van der Waals surface area (Å²) in [6.45, 7) is 4.60. The molecule has 0 amide bonds. The molecule has 2 heterocycles. The highest BCUT2D eigenvalue weighted by atomic mass is 32.1. The van der Waals surface area contributed by atoms with Gasteiger partial charge in [0.15, 0.2) is 6.61 Å². The van der Waals surface area contributed by atoms with Gasteiger partial charge in [0.25, 0.3) is 0 Å². The molecule has 0 aromatic carbocycles. The van der Waals surface area contributed by atoms with Crippen molar-refractivity contribution in [1.82, 2.24) is 4.57 Å². The van der Waals surface area contributed by atoms with Crippen molar-refractivity contribution in [3.8, 4) is 0 Å². The Kier molecular flexibility index (Phi) is 5.22. The van der Waals surface area contributed by atoms with E-state index in [9.17, 15) is 9.59 Å². The SMILES string of the molecule is Cc1cc(C(=O)COC(=O)C[C@@H]2C[C@H]3CC[C@@H]2C3)c(C)n1Cc1cccs1. The number of rotatable bonds is 7. The molecule has 0 unspecified atom stereocenters. The summed E-state index contributed by atoms with van der Waals surface area (Å²) in [5, 5.41) is 2.06. The van der Waals surface area contributed by atoms with E-state index >= 15 is 0 Å². The third-order valence-electron chi connectivity index (χ3n) is 6.45. The lowest BCUT2D eigenvalue weighted by molar-refractivity contribution is -0.144. The summed E-state index contributed by atoms with van der Waals surface area (Å²) in [4.78, 5) is 26.1. The number of aryl methyl sites for hydroxylation is 1. The molecule has 5 heteroatoms. The minimum atomic E-state index is -0.215. The Morgan fingerprint density at radius 2 is 2.11 bits per heavy atom. The first-order valence-electron chi connectivity index (χ1n) is 9.89. The van der Waals surface area contributed by atoms with Crippen LogP contribution in [0.2, 0.25) is 0 Å². The van der Waals surface area contributed by atoms with Gasteiger partial charge in [0.05, 0.1) is 6.54 Å². The molecule has 0 aliphatic heterocycles. The van der Waals surface area contributed by atoms with E-state index in [2.05, 4.69) is 16.0 Å². The first-order valence-corrected chi connectivity index (χ1v) is 10.8. The number of thiophene rings is 1. The van der Waals surface area contributed by atoms with Crippen molar-refractivity contribution in [2.45, 2.75) is 52.5 Å². The molecule has 0 saturated heterocycles. The Labute approximate surface area is 164 Å². The predicted octanol–water partition coefficient (Wildman–Crippen LogP) is 4.77. The highest BCUT2D eigenvalue weighted by Crippen LogP contribution is 2.49. The number of carbonyl (C=O) groups excluding carboxylic acids is 2. The van der Waals surface area contributed by atoms with Gasteiger partial charge in [-0.25, -0.2) is 0 Å². The summed E-state index contributed by atoms with van der Waals surface area (Å²) in [5.74, 6) is 1.68. The summed E-state index contributed by atoms with van der Waals surface area (Å²) >= 11 is 1.71. The zero-order valence-corrected chi connectivity index (χ0v) is 16.9. The number of hydrogen-bond acceptors (Lipinski definition) is 4. The van der Waals surface area contributed by atoms with Crippen LogP contribution in [0.5, 0.6) is 0 Å². The molecular formula is C22H27NO3S. The van der Waals surface area contributed by atoms with Crippen LogP contribution < -0.4 is 0 Å². The molecular weight excluding hydrogens is 358 g/mol. The van der Waals surface area contributed by atoms with E-state index in [1.54, 1.807) is 11.3 Å². The van der Waals surface area contributed by atoms with Crippen LogP contribution in [-0.2, 0) is 16.1 Å². The quantitative estimate of drug-likeness (QED) is 0.510.